The average Bonchev–Trinajstić information content (AvgIpc) is 2.58. The second-order valence-electron chi connectivity index (χ2n) is 5.58. The molecule has 1 heterocycles. The summed E-state index contributed by atoms with van der Waals surface area (Å²) < 4.78 is 5.34. The second kappa shape index (κ2) is 9.53. The van der Waals surface area contributed by atoms with Crippen LogP contribution in [0.2, 0.25) is 5.02 Å². The number of nitrogens with zero attached hydrogens (tertiary/aromatic N) is 2. The third-order valence-electron chi connectivity index (χ3n) is 3.94. The van der Waals surface area contributed by atoms with E-state index in [0.717, 1.165) is 38.0 Å². The normalized spacial score (nSPS) is 15.4. The summed E-state index contributed by atoms with van der Waals surface area (Å²) in [6.45, 7) is 4.17. The van der Waals surface area contributed by atoms with Crippen molar-refractivity contribution in [1.29, 1.82) is 0 Å². The summed E-state index contributed by atoms with van der Waals surface area (Å²) in [6.07, 6.45) is 4.00. The molecular weight excluding hydrogens is 316 g/mol. The van der Waals surface area contributed by atoms with Gasteiger partial charge in [0.1, 0.15) is 6.61 Å². The fourth-order valence-corrected chi connectivity index (χ4v) is 2.72. The van der Waals surface area contributed by atoms with E-state index in [1.54, 1.807) is 11.0 Å². The molecule has 0 aromatic heterocycles. The van der Waals surface area contributed by atoms with Crippen molar-refractivity contribution in [1.82, 2.24) is 9.80 Å². The Morgan fingerprint density at radius 3 is 2.61 bits per heavy atom. The molecule has 125 valence electrons. The molecule has 0 N–H and O–H groups in total. The van der Waals surface area contributed by atoms with E-state index in [1.165, 1.54) is 0 Å². The molecule has 5 nitrogen and oxygen atoms in total. The minimum atomic E-state index is -0.292. The van der Waals surface area contributed by atoms with E-state index in [0.29, 0.717) is 24.5 Å². The molecule has 0 saturated carbocycles. The quantitative estimate of drug-likeness (QED) is 0.718. The topological polar surface area (TPSA) is 49.9 Å². The molecule has 0 bridgehead atoms. The average molecular weight is 338 g/mol. The maximum absolute atomic E-state index is 12.1. The first-order chi connectivity index (χ1) is 11.2. The predicted octanol–water partition coefficient (Wildman–Crippen LogP) is 2.87. The van der Waals surface area contributed by atoms with E-state index in [9.17, 15) is 9.59 Å². The number of unbranched alkanes of at least 4 members (excludes halogenated alkanes) is 2. The zero-order valence-corrected chi connectivity index (χ0v) is 13.9. The molecule has 0 spiro atoms. The minimum Gasteiger partial charge on any atom is -0.444 e. The summed E-state index contributed by atoms with van der Waals surface area (Å²) in [5.41, 5.74) is 0.813. The van der Waals surface area contributed by atoms with E-state index in [4.69, 9.17) is 16.3 Å². The summed E-state index contributed by atoms with van der Waals surface area (Å²) in [5, 5.41) is 0.609. The van der Waals surface area contributed by atoms with Crippen molar-refractivity contribution in [3.8, 4) is 0 Å². The fraction of sp³-hybridized carbons (Fsp3) is 0.529. The van der Waals surface area contributed by atoms with Crippen LogP contribution < -0.4 is 0 Å². The lowest BCUT2D eigenvalue weighted by atomic mass is 10.2. The van der Waals surface area contributed by atoms with Gasteiger partial charge in [-0.1, -0.05) is 29.8 Å². The van der Waals surface area contributed by atoms with Crippen molar-refractivity contribution in [2.24, 2.45) is 0 Å². The molecule has 0 aliphatic carbocycles. The Bertz CT molecular complexity index is 516. The van der Waals surface area contributed by atoms with Gasteiger partial charge >= 0.3 is 6.09 Å². The van der Waals surface area contributed by atoms with Crippen molar-refractivity contribution in [2.45, 2.75) is 25.9 Å². The van der Waals surface area contributed by atoms with Crippen molar-refractivity contribution < 1.29 is 14.3 Å². The highest BCUT2D eigenvalue weighted by Crippen LogP contribution is 2.16. The molecule has 1 aromatic carbocycles. The van der Waals surface area contributed by atoms with Gasteiger partial charge in [-0.25, -0.2) is 4.79 Å². The standard InChI is InChI=1S/C17H22ClN2O3/c18-16-7-3-2-6-15(16)14-23-17(22)20-11-9-19(10-12-20)8-4-1-5-13-21/h2-3,6-7H,1,4-5,8-12,14H2. The highest BCUT2D eigenvalue weighted by Gasteiger charge is 2.21. The number of rotatable bonds is 7. The molecule has 1 radical (unpaired) electrons. The van der Waals surface area contributed by atoms with Gasteiger partial charge in [0.05, 0.1) is 0 Å². The number of halogens is 1. The summed E-state index contributed by atoms with van der Waals surface area (Å²) in [4.78, 5) is 26.3. The Balaban J connectivity index is 1.67. The first kappa shape index (κ1) is 17.8. The van der Waals surface area contributed by atoms with Crippen LogP contribution >= 0.6 is 11.6 Å². The van der Waals surface area contributed by atoms with Crippen LogP contribution in [-0.2, 0) is 16.1 Å². The molecule has 1 amide bonds. The van der Waals surface area contributed by atoms with Crippen molar-refractivity contribution >= 4 is 24.0 Å². The van der Waals surface area contributed by atoms with Gasteiger partial charge in [0.25, 0.3) is 0 Å². The molecule has 1 aliphatic rings. The van der Waals surface area contributed by atoms with Gasteiger partial charge in [-0.15, -0.1) is 0 Å². The van der Waals surface area contributed by atoms with Crippen LogP contribution in [-0.4, -0.2) is 54.9 Å². The van der Waals surface area contributed by atoms with Gasteiger partial charge in [-0.05, 0) is 25.5 Å². The summed E-state index contributed by atoms with van der Waals surface area (Å²) in [6, 6.07) is 7.35. The lowest BCUT2D eigenvalue weighted by Gasteiger charge is -2.34. The van der Waals surface area contributed by atoms with E-state index in [1.807, 2.05) is 24.5 Å². The lowest BCUT2D eigenvalue weighted by Crippen LogP contribution is -2.48. The first-order valence-electron chi connectivity index (χ1n) is 7.93. The number of ether oxygens (including phenoxy) is 1. The van der Waals surface area contributed by atoms with E-state index in [2.05, 4.69) is 4.90 Å². The van der Waals surface area contributed by atoms with Gasteiger partial charge in [0, 0.05) is 43.2 Å². The van der Waals surface area contributed by atoms with Crippen LogP contribution in [0.4, 0.5) is 4.79 Å². The Morgan fingerprint density at radius 1 is 1.17 bits per heavy atom. The maximum Gasteiger partial charge on any atom is 0.410 e. The van der Waals surface area contributed by atoms with Crippen LogP contribution in [0.15, 0.2) is 24.3 Å². The number of carbonyl (C=O) groups excluding carboxylic acids is 2. The lowest BCUT2D eigenvalue weighted by molar-refractivity contribution is 0.0713. The molecular formula is C17H22ClN2O3. The Hall–Kier alpha value is -1.59. The predicted molar refractivity (Wildman–Crippen MR) is 89.2 cm³/mol. The van der Waals surface area contributed by atoms with Gasteiger partial charge in [-0.2, -0.15) is 0 Å². The number of benzene rings is 1. The van der Waals surface area contributed by atoms with Crippen LogP contribution in [0.5, 0.6) is 0 Å². The van der Waals surface area contributed by atoms with Crippen LogP contribution in [0, 0.1) is 0 Å². The van der Waals surface area contributed by atoms with E-state index >= 15 is 0 Å². The molecule has 6 heteroatoms. The molecule has 0 atom stereocenters. The molecule has 1 aromatic rings. The SMILES string of the molecule is O=[C]CCCCN1CCN(C(=O)OCc2ccccc2Cl)CC1. The fourth-order valence-electron chi connectivity index (χ4n) is 2.53. The summed E-state index contributed by atoms with van der Waals surface area (Å²) >= 11 is 6.05. The highest BCUT2D eigenvalue weighted by atomic mass is 35.5. The van der Waals surface area contributed by atoms with E-state index < -0.39 is 0 Å². The first-order valence-corrected chi connectivity index (χ1v) is 8.31. The third-order valence-corrected chi connectivity index (χ3v) is 4.31. The maximum atomic E-state index is 12.1. The smallest absolute Gasteiger partial charge is 0.410 e. The van der Waals surface area contributed by atoms with Gasteiger partial charge in [0.2, 0.25) is 0 Å². The Labute approximate surface area is 142 Å². The van der Waals surface area contributed by atoms with Crippen LogP contribution in [0.3, 0.4) is 0 Å². The number of carbonyl (C=O) groups is 1. The monoisotopic (exact) mass is 337 g/mol. The number of piperazine rings is 1. The molecule has 1 saturated heterocycles. The number of hydrogen-bond donors (Lipinski definition) is 0. The zero-order valence-electron chi connectivity index (χ0n) is 13.2. The highest BCUT2D eigenvalue weighted by molar-refractivity contribution is 6.31. The third kappa shape index (κ3) is 5.84. The zero-order chi connectivity index (χ0) is 16.5. The van der Waals surface area contributed by atoms with E-state index in [-0.39, 0.29) is 12.7 Å². The second-order valence-corrected chi connectivity index (χ2v) is 5.98. The largest absolute Gasteiger partial charge is 0.444 e. The molecule has 2 rings (SSSR count). The van der Waals surface area contributed by atoms with Gasteiger partial charge < -0.3 is 9.64 Å². The molecule has 23 heavy (non-hydrogen) atoms. The Kier molecular flexibility index (Phi) is 7.36. The molecule has 1 aliphatic heterocycles. The van der Waals surface area contributed by atoms with Crippen molar-refractivity contribution in [2.75, 3.05) is 32.7 Å². The molecule has 0 unspecified atom stereocenters. The summed E-state index contributed by atoms with van der Waals surface area (Å²) in [5.74, 6) is 0. The number of amides is 1. The minimum absolute atomic E-state index is 0.195. The number of hydrogen-bond acceptors (Lipinski definition) is 4. The Morgan fingerprint density at radius 2 is 1.91 bits per heavy atom. The van der Waals surface area contributed by atoms with Crippen LogP contribution in [0.1, 0.15) is 24.8 Å². The van der Waals surface area contributed by atoms with Gasteiger partial charge in [-0.3, -0.25) is 9.69 Å². The van der Waals surface area contributed by atoms with Crippen molar-refractivity contribution in [3.63, 3.8) is 0 Å². The van der Waals surface area contributed by atoms with Gasteiger partial charge in [0.15, 0.2) is 6.29 Å². The van der Waals surface area contributed by atoms with Crippen molar-refractivity contribution in [3.05, 3.63) is 34.9 Å². The summed E-state index contributed by atoms with van der Waals surface area (Å²) in [7, 11) is 0. The van der Waals surface area contributed by atoms with Crippen LogP contribution in [0.25, 0.3) is 0 Å². The molecule has 1 fully saturated rings.